The number of rotatable bonds is 6. The summed E-state index contributed by atoms with van der Waals surface area (Å²) in [5.74, 6) is 1.68. The number of allylic oxidation sites excluding steroid dienone is 1. The second-order valence-electron chi connectivity index (χ2n) is 7.72. The van der Waals surface area contributed by atoms with Crippen LogP contribution in [0.15, 0.2) is 54.6 Å². The Morgan fingerprint density at radius 1 is 1.00 bits per heavy atom. The Bertz CT molecular complexity index is 1400. The molecule has 0 spiro atoms. The average Bonchev–Trinajstić information content (AvgIpc) is 3.24. The first kappa shape index (κ1) is 21.7. The summed E-state index contributed by atoms with van der Waals surface area (Å²) in [7, 11) is 1.58. The van der Waals surface area contributed by atoms with Gasteiger partial charge in [0.1, 0.15) is 18.5 Å². The number of nitrogens with one attached hydrogen (secondary N) is 1. The van der Waals surface area contributed by atoms with Crippen LogP contribution in [0.5, 0.6) is 11.5 Å². The zero-order valence-electron chi connectivity index (χ0n) is 18.6. The van der Waals surface area contributed by atoms with E-state index in [2.05, 4.69) is 22.1 Å². The van der Waals surface area contributed by atoms with Crippen LogP contribution in [0.2, 0.25) is 0 Å². The zero-order valence-corrected chi connectivity index (χ0v) is 18.6. The molecule has 0 radical (unpaired) electrons. The van der Waals surface area contributed by atoms with Crippen LogP contribution in [0.4, 0.5) is 0 Å². The van der Waals surface area contributed by atoms with Crippen LogP contribution in [0, 0.1) is 36.5 Å². The molecule has 1 aromatic heterocycles. The smallest absolute Gasteiger partial charge is 0.161 e. The van der Waals surface area contributed by atoms with Crippen molar-refractivity contribution in [3.05, 3.63) is 88.2 Å². The summed E-state index contributed by atoms with van der Waals surface area (Å²) in [5.41, 5.74) is 6.83. The number of hydrogen-bond acceptors (Lipinski definition) is 5. The van der Waals surface area contributed by atoms with E-state index in [1.165, 1.54) is 5.56 Å². The number of ether oxygens (including phenoxy) is 2. The monoisotopic (exact) mass is 434 g/mol. The highest BCUT2D eigenvalue weighted by Crippen LogP contribution is 2.30. The third-order valence-electron chi connectivity index (χ3n) is 5.45. The fraction of sp³-hybridized carbons (Fsp3) is 0.148. The van der Waals surface area contributed by atoms with Crippen molar-refractivity contribution in [1.82, 2.24) is 9.97 Å². The Kier molecular flexibility index (Phi) is 6.11. The molecule has 0 fully saturated rings. The van der Waals surface area contributed by atoms with Crippen LogP contribution < -0.4 is 9.47 Å². The van der Waals surface area contributed by atoms with Crippen molar-refractivity contribution in [2.45, 2.75) is 20.5 Å². The van der Waals surface area contributed by atoms with E-state index < -0.39 is 0 Å². The molecule has 1 heterocycles. The van der Waals surface area contributed by atoms with E-state index in [0.29, 0.717) is 35.1 Å². The molecule has 0 atom stereocenters. The van der Waals surface area contributed by atoms with Gasteiger partial charge in [-0.3, -0.25) is 0 Å². The molecule has 4 rings (SSSR count). The van der Waals surface area contributed by atoms with Crippen molar-refractivity contribution in [3.63, 3.8) is 0 Å². The number of aromatic amines is 1. The predicted molar refractivity (Wildman–Crippen MR) is 128 cm³/mol. The average molecular weight is 434 g/mol. The Hall–Kier alpha value is -4.55. The molecular weight excluding hydrogens is 412 g/mol. The maximum absolute atomic E-state index is 9.75. The molecule has 0 amide bonds. The van der Waals surface area contributed by atoms with Crippen LogP contribution >= 0.6 is 0 Å². The van der Waals surface area contributed by atoms with Gasteiger partial charge in [-0.25, -0.2) is 4.98 Å². The molecular formula is C27H22N4O2. The lowest BCUT2D eigenvalue weighted by Crippen LogP contribution is -1.98. The SMILES string of the molecule is COc1cc(/C=C(\C#N)c2nc3cc(C)c(C)cc3[nH]2)ccc1OCc1ccc(C#N)cc1. The van der Waals surface area contributed by atoms with E-state index >= 15 is 0 Å². The summed E-state index contributed by atoms with van der Waals surface area (Å²) >= 11 is 0. The van der Waals surface area contributed by atoms with Gasteiger partial charge in [-0.15, -0.1) is 0 Å². The van der Waals surface area contributed by atoms with Crippen molar-refractivity contribution in [1.29, 1.82) is 10.5 Å². The zero-order chi connectivity index (χ0) is 23.4. The van der Waals surface area contributed by atoms with Gasteiger partial charge in [0.2, 0.25) is 0 Å². The lowest BCUT2D eigenvalue weighted by atomic mass is 10.1. The van der Waals surface area contributed by atoms with E-state index in [1.807, 2.05) is 56.3 Å². The highest BCUT2D eigenvalue weighted by molar-refractivity contribution is 5.90. The molecule has 0 aliphatic heterocycles. The molecule has 0 aliphatic rings. The second kappa shape index (κ2) is 9.30. The van der Waals surface area contributed by atoms with Crippen LogP contribution in [-0.4, -0.2) is 17.1 Å². The standard InChI is InChI=1S/C27H22N4O2/c1-17-10-23-24(11-18(17)2)31-27(30-23)22(15-29)12-21-8-9-25(26(13-21)32-3)33-16-20-6-4-19(14-28)5-7-20/h4-13H,16H2,1-3H3,(H,30,31)/b22-12+. The number of H-pyrrole nitrogens is 1. The van der Waals surface area contributed by atoms with Crippen molar-refractivity contribution in [3.8, 4) is 23.6 Å². The Labute approximate surface area is 192 Å². The summed E-state index contributed by atoms with van der Waals surface area (Å²) < 4.78 is 11.4. The fourth-order valence-corrected chi connectivity index (χ4v) is 3.45. The minimum absolute atomic E-state index is 0.346. The molecule has 3 aromatic carbocycles. The first-order chi connectivity index (χ1) is 16.0. The maximum Gasteiger partial charge on any atom is 0.161 e. The highest BCUT2D eigenvalue weighted by Gasteiger charge is 2.11. The van der Waals surface area contributed by atoms with E-state index in [-0.39, 0.29) is 0 Å². The van der Waals surface area contributed by atoms with Crippen molar-refractivity contribution < 1.29 is 9.47 Å². The number of fused-ring (bicyclic) bond motifs is 1. The second-order valence-corrected chi connectivity index (χ2v) is 7.72. The van der Waals surface area contributed by atoms with Crippen LogP contribution in [0.3, 0.4) is 0 Å². The van der Waals surface area contributed by atoms with Gasteiger partial charge in [0.25, 0.3) is 0 Å². The van der Waals surface area contributed by atoms with Gasteiger partial charge in [0.05, 0.1) is 35.3 Å². The number of nitrogens with zero attached hydrogens (tertiary/aromatic N) is 3. The number of hydrogen-bond donors (Lipinski definition) is 1. The summed E-state index contributed by atoms with van der Waals surface area (Å²) in [6, 6.07) is 21.1. The fourth-order valence-electron chi connectivity index (χ4n) is 3.45. The van der Waals surface area contributed by atoms with Gasteiger partial charge in [-0.05, 0) is 78.6 Å². The molecule has 4 aromatic rings. The van der Waals surface area contributed by atoms with E-state index in [1.54, 1.807) is 25.3 Å². The number of imidazole rings is 1. The molecule has 0 saturated heterocycles. The lowest BCUT2D eigenvalue weighted by Gasteiger charge is -2.11. The molecule has 0 saturated carbocycles. The third-order valence-corrected chi connectivity index (χ3v) is 5.45. The molecule has 0 unspecified atom stereocenters. The van der Waals surface area contributed by atoms with Gasteiger partial charge in [0, 0.05) is 0 Å². The minimum Gasteiger partial charge on any atom is -0.493 e. The molecule has 6 heteroatoms. The van der Waals surface area contributed by atoms with Crippen LogP contribution in [-0.2, 0) is 6.61 Å². The van der Waals surface area contributed by atoms with Gasteiger partial charge >= 0.3 is 0 Å². The molecule has 0 bridgehead atoms. The number of methoxy groups -OCH3 is 1. The number of aromatic nitrogens is 2. The number of benzene rings is 3. The Morgan fingerprint density at radius 2 is 1.76 bits per heavy atom. The largest absolute Gasteiger partial charge is 0.493 e. The summed E-state index contributed by atoms with van der Waals surface area (Å²) in [5, 5.41) is 18.7. The molecule has 0 aliphatic carbocycles. The van der Waals surface area contributed by atoms with Crippen molar-refractivity contribution in [2.75, 3.05) is 7.11 Å². The normalized spacial score (nSPS) is 11.1. The highest BCUT2D eigenvalue weighted by atomic mass is 16.5. The first-order valence-electron chi connectivity index (χ1n) is 10.4. The number of aryl methyl sites for hydroxylation is 2. The van der Waals surface area contributed by atoms with Gasteiger partial charge in [-0.2, -0.15) is 10.5 Å². The van der Waals surface area contributed by atoms with Gasteiger partial charge in [0.15, 0.2) is 11.5 Å². The van der Waals surface area contributed by atoms with Crippen molar-refractivity contribution in [2.24, 2.45) is 0 Å². The quantitative estimate of drug-likeness (QED) is 0.393. The van der Waals surface area contributed by atoms with E-state index in [9.17, 15) is 5.26 Å². The molecule has 6 nitrogen and oxygen atoms in total. The summed E-state index contributed by atoms with van der Waals surface area (Å²) in [6.45, 7) is 4.44. The van der Waals surface area contributed by atoms with Crippen LogP contribution in [0.25, 0.3) is 22.7 Å². The minimum atomic E-state index is 0.346. The molecule has 33 heavy (non-hydrogen) atoms. The van der Waals surface area contributed by atoms with Crippen molar-refractivity contribution >= 4 is 22.7 Å². The third kappa shape index (κ3) is 4.71. The summed E-state index contributed by atoms with van der Waals surface area (Å²) in [4.78, 5) is 7.84. The number of nitriles is 2. The van der Waals surface area contributed by atoms with E-state index in [0.717, 1.165) is 27.7 Å². The first-order valence-corrected chi connectivity index (χ1v) is 10.4. The Morgan fingerprint density at radius 3 is 2.45 bits per heavy atom. The van der Waals surface area contributed by atoms with Crippen LogP contribution in [0.1, 0.15) is 33.6 Å². The molecule has 1 N–H and O–H groups in total. The van der Waals surface area contributed by atoms with Gasteiger partial charge < -0.3 is 14.5 Å². The lowest BCUT2D eigenvalue weighted by molar-refractivity contribution is 0.284. The van der Waals surface area contributed by atoms with E-state index in [4.69, 9.17) is 14.7 Å². The van der Waals surface area contributed by atoms with Gasteiger partial charge in [-0.1, -0.05) is 18.2 Å². The Balaban J connectivity index is 1.58. The topological polar surface area (TPSA) is 94.7 Å². The summed E-state index contributed by atoms with van der Waals surface area (Å²) in [6.07, 6.45) is 1.77. The predicted octanol–water partition coefficient (Wildman–Crippen LogP) is 5.70. The molecule has 162 valence electrons. The maximum atomic E-state index is 9.75.